The number of carbonyl (C=O) groups is 2. The van der Waals surface area contributed by atoms with Crippen LogP contribution in [0.3, 0.4) is 0 Å². The van der Waals surface area contributed by atoms with E-state index in [1.165, 1.54) is 0 Å². The van der Waals surface area contributed by atoms with Gasteiger partial charge in [0, 0.05) is 19.6 Å². The zero-order valence-electron chi connectivity index (χ0n) is 11.8. The van der Waals surface area contributed by atoms with Crippen LogP contribution >= 0.6 is 0 Å². The van der Waals surface area contributed by atoms with Crippen molar-refractivity contribution in [1.82, 2.24) is 4.90 Å². The topological polar surface area (TPSA) is 66.8 Å². The summed E-state index contributed by atoms with van der Waals surface area (Å²) in [5.41, 5.74) is 0.883. The van der Waals surface area contributed by atoms with E-state index in [4.69, 9.17) is 4.74 Å². The molecule has 2 heterocycles. The van der Waals surface area contributed by atoms with Crippen LogP contribution in [0.2, 0.25) is 0 Å². The molecule has 2 saturated heterocycles. The van der Waals surface area contributed by atoms with E-state index in [1.54, 1.807) is 4.90 Å². The molecule has 1 aromatic rings. The standard InChI is InChI=1S/C16H19NO4/c18-14-9-13(16(19)20)15(11-5-2-1-3-6-11)17(14)10-12-7-4-8-21-12/h1-3,5-6,12-13,15H,4,7-10H2,(H,19,20). The van der Waals surface area contributed by atoms with Crippen LogP contribution in [0.1, 0.15) is 30.9 Å². The van der Waals surface area contributed by atoms with Crippen molar-refractivity contribution in [3.63, 3.8) is 0 Å². The first-order chi connectivity index (χ1) is 10.2. The lowest BCUT2D eigenvalue weighted by Gasteiger charge is -2.29. The van der Waals surface area contributed by atoms with Gasteiger partial charge < -0.3 is 14.7 Å². The summed E-state index contributed by atoms with van der Waals surface area (Å²) >= 11 is 0. The average Bonchev–Trinajstić information content (AvgIpc) is 3.09. The smallest absolute Gasteiger partial charge is 0.309 e. The molecule has 3 atom stereocenters. The molecule has 21 heavy (non-hydrogen) atoms. The van der Waals surface area contributed by atoms with Gasteiger partial charge >= 0.3 is 5.97 Å². The zero-order chi connectivity index (χ0) is 14.8. The predicted octanol–water partition coefficient (Wildman–Crippen LogP) is 1.84. The number of ether oxygens (including phenoxy) is 1. The van der Waals surface area contributed by atoms with E-state index in [0.717, 1.165) is 25.0 Å². The molecule has 2 fully saturated rings. The van der Waals surface area contributed by atoms with Gasteiger partial charge in [0.1, 0.15) is 0 Å². The van der Waals surface area contributed by atoms with E-state index < -0.39 is 11.9 Å². The number of carboxylic acids is 1. The highest BCUT2D eigenvalue weighted by molar-refractivity contribution is 5.87. The van der Waals surface area contributed by atoms with Crippen molar-refractivity contribution in [3.05, 3.63) is 35.9 Å². The number of carboxylic acid groups (broad SMARTS) is 1. The van der Waals surface area contributed by atoms with Crippen molar-refractivity contribution in [2.45, 2.75) is 31.4 Å². The van der Waals surface area contributed by atoms with Crippen LogP contribution < -0.4 is 0 Å². The molecule has 0 saturated carbocycles. The molecule has 3 rings (SSSR count). The van der Waals surface area contributed by atoms with Crippen molar-refractivity contribution in [2.75, 3.05) is 13.2 Å². The minimum absolute atomic E-state index is 0.0349. The molecule has 1 aromatic carbocycles. The second-order valence-electron chi connectivity index (χ2n) is 5.69. The van der Waals surface area contributed by atoms with Gasteiger partial charge in [-0.3, -0.25) is 9.59 Å². The lowest BCUT2D eigenvalue weighted by atomic mass is 9.93. The minimum Gasteiger partial charge on any atom is -0.481 e. The fourth-order valence-corrected chi connectivity index (χ4v) is 3.30. The first-order valence-electron chi connectivity index (χ1n) is 7.35. The Hall–Kier alpha value is -1.88. The Morgan fingerprint density at radius 2 is 2.10 bits per heavy atom. The quantitative estimate of drug-likeness (QED) is 0.918. The van der Waals surface area contributed by atoms with E-state index >= 15 is 0 Å². The lowest BCUT2D eigenvalue weighted by Crippen LogP contribution is -2.36. The van der Waals surface area contributed by atoms with E-state index in [9.17, 15) is 14.7 Å². The molecule has 0 aromatic heterocycles. The number of aliphatic carboxylic acids is 1. The fourth-order valence-electron chi connectivity index (χ4n) is 3.30. The monoisotopic (exact) mass is 289 g/mol. The van der Waals surface area contributed by atoms with Crippen LogP contribution in [0, 0.1) is 5.92 Å². The molecular weight excluding hydrogens is 270 g/mol. The highest BCUT2D eigenvalue weighted by Crippen LogP contribution is 2.38. The second kappa shape index (κ2) is 5.85. The Balaban J connectivity index is 1.87. The Morgan fingerprint density at radius 3 is 2.71 bits per heavy atom. The molecule has 0 radical (unpaired) electrons. The van der Waals surface area contributed by atoms with Gasteiger partial charge in [-0.1, -0.05) is 30.3 Å². The third-order valence-electron chi connectivity index (χ3n) is 4.31. The first-order valence-corrected chi connectivity index (χ1v) is 7.35. The van der Waals surface area contributed by atoms with Crippen molar-refractivity contribution in [2.24, 2.45) is 5.92 Å². The number of benzene rings is 1. The highest BCUT2D eigenvalue weighted by atomic mass is 16.5. The molecule has 2 aliphatic heterocycles. The van der Waals surface area contributed by atoms with Gasteiger partial charge in [-0.2, -0.15) is 0 Å². The number of nitrogens with zero attached hydrogens (tertiary/aromatic N) is 1. The third-order valence-corrected chi connectivity index (χ3v) is 4.31. The number of hydrogen-bond donors (Lipinski definition) is 1. The number of carbonyl (C=O) groups excluding carboxylic acids is 1. The number of amides is 1. The van der Waals surface area contributed by atoms with Crippen LogP contribution in [0.25, 0.3) is 0 Å². The summed E-state index contributed by atoms with van der Waals surface area (Å²) in [5, 5.41) is 9.43. The van der Waals surface area contributed by atoms with Crippen molar-refractivity contribution in [1.29, 1.82) is 0 Å². The van der Waals surface area contributed by atoms with Crippen molar-refractivity contribution < 1.29 is 19.4 Å². The summed E-state index contributed by atoms with van der Waals surface area (Å²) in [6.07, 6.45) is 2.04. The molecule has 1 amide bonds. The summed E-state index contributed by atoms with van der Waals surface area (Å²) in [6.45, 7) is 1.22. The maximum absolute atomic E-state index is 12.3. The van der Waals surface area contributed by atoms with Crippen LogP contribution in [0.15, 0.2) is 30.3 Å². The van der Waals surface area contributed by atoms with Crippen LogP contribution in [0.5, 0.6) is 0 Å². The Bertz CT molecular complexity index is 524. The summed E-state index contributed by atoms with van der Waals surface area (Å²) in [4.78, 5) is 25.5. The van der Waals surface area contributed by atoms with E-state index in [2.05, 4.69) is 0 Å². The maximum atomic E-state index is 12.3. The van der Waals surface area contributed by atoms with Crippen molar-refractivity contribution in [3.8, 4) is 0 Å². The fraction of sp³-hybridized carbons (Fsp3) is 0.500. The molecule has 2 aliphatic rings. The summed E-state index contributed by atoms with van der Waals surface area (Å²) in [7, 11) is 0. The van der Waals surface area contributed by atoms with Gasteiger partial charge in [0.15, 0.2) is 0 Å². The molecule has 5 nitrogen and oxygen atoms in total. The third kappa shape index (κ3) is 2.78. The SMILES string of the molecule is O=C(O)C1CC(=O)N(CC2CCCO2)C1c1ccccc1. The predicted molar refractivity (Wildman–Crippen MR) is 75.6 cm³/mol. The number of hydrogen-bond acceptors (Lipinski definition) is 3. The Labute approximate surface area is 123 Å². The highest BCUT2D eigenvalue weighted by Gasteiger charge is 2.45. The van der Waals surface area contributed by atoms with Crippen molar-refractivity contribution >= 4 is 11.9 Å². The molecule has 5 heteroatoms. The largest absolute Gasteiger partial charge is 0.481 e. The minimum atomic E-state index is -0.910. The Kier molecular flexibility index (Phi) is 3.92. The Morgan fingerprint density at radius 1 is 1.33 bits per heavy atom. The summed E-state index contributed by atoms with van der Waals surface area (Å²) < 4.78 is 5.60. The molecule has 0 aliphatic carbocycles. The van der Waals surface area contributed by atoms with Crippen LogP contribution in [-0.4, -0.2) is 41.1 Å². The van der Waals surface area contributed by atoms with Gasteiger partial charge in [-0.05, 0) is 18.4 Å². The van der Waals surface area contributed by atoms with E-state index in [0.29, 0.717) is 6.54 Å². The van der Waals surface area contributed by atoms with Gasteiger partial charge in [0.2, 0.25) is 5.91 Å². The molecule has 0 bridgehead atoms. The summed E-state index contributed by atoms with van der Waals surface area (Å²) in [6, 6.07) is 9.03. The maximum Gasteiger partial charge on any atom is 0.309 e. The van der Waals surface area contributed by atoms with Gasteiger partial charge in [0.25, 0.3) is 0 Å². The number of likely N-dealkylation sites (tertiary alicyclic amines) is 1. The summed E-state index contributed by atoms with van der Waals surface area (Å²) in [5.74, 6) is -1.68. The van der Waals surface area contributed by atoms with Crippen LogP contribution in [0.4, 0.5) is 0 Å². The molecular formula is C16H19NO4. The van der Waals surface area contributed by atoms with Gasteiger partial charge in [-0.25, -0.2) is 0 Å². The molecule has 3 unspecified atom stereocenters. The average molecular weight is 289 g/mol. The first kappa shape index (κ1) is 14.1. The lowest BCUT2D eigenvalue weighted by molar-refractivity contribution is -0.142. The van der Waals surface area contributed by atoms with Gasteiger partial charge in [-0.15, -0.1) is 0 Å². The van der Waals surface area contributed by atoms with Gasteiger partial charge in [0.05, 0.1) is 18.1 Å². The van der Waals surface area contributed by atoms with Crippen LogP contribution in [-0.2, 0) is 14.3 Å². The zero-order valence-corrected chi connectivity index (χ0v) is 11.8. The molecule has 112 valence electrons. The second-order valence-corrected chi connectivity index (χ2v) is 5.69. The molecule has 1 N–H and O–H groups in total. The van der Waals surface area contributed by atoms with E-state index in [-0.39, 0.29) is 24.5 Å². The number of rotatable bonds is 4. The molecule has 0 spiro atoms. The normalized spacial score (nSPS) is 29.0. The van der Waals surface area contributed by atoms with E-state index in [1.807, 2.05) is 30.3 Å².